The van der Waals surface area contributed by atoms with Crippen LogP contribution in [0.25, 0.3) is 0 Å². The first-order valence-corrected chi connectivity index (χ1v) is 8.42. The maximum absolute atomic E-state index is 12.8. The van der Waals surface area contributed by atoms with Crippen molar-refractivity contribution in [2.24, 2.45) is 0 Å². The number of carbonyl (C=O) groups is 4. The summed E-state index contributed by atoms with van der Waals surface area (Å²) in [6.45, 7) is 9.63. The van der Waals surface area contributed by atoms with Crippen molar-refractivity contribution in [3.05, 3.63) is 59.7 Å². The second kappa shape index (κ2) is 10.7. The molecule has 150 valence electrons. The molecule has 0 atom stereocenters. The zero-order chi connectivity index (χ0) is 21.3. The van der Waals surface area contributed by atoms with Gasteiger partial charge in [0.1, 0.15) is 13.2 Å². The largest absolute Gasteiger partial charge is 0.478 e. The highest BCUT2D eigenvalue weighted by molar-refractivity contribution is 6.04. The molecule has 1 rings (SSSR count). The van der Waals surface area contributed by atoms with E-state index < -0.39 is 23.8 Å². The number of amides is 1. The second-order valence-corrected chi connectivity index (χ2v) is 5.98. The van der Waals surface area contributed by atoms with Crippen LogP contribution < -0.4 is 0 Å². The van der Waals surface area contributed by atoms with Crippen molar-refractivity contribution < 1.29 is 33.8 Å². The quantitative estimate of drug-likeness (QED) is 0.482. The number of ether oxygens (including phenoxy) is 2. The summed E-state index contributed by atoms with van der Waals surface area (Å²) in [6, 6.07) is 5.75. The molecule has 0 unspecified atom stereocenters. The van der Waals surface area contributed by atoms with Gasteiger partial charge in [-0.2, -0.15) is 0 Å². The normalized spacial score (nSPS) is 9.93. The number of hydrogen-bond donors (Lipinski definition) is 1. The molecule has 0 saturated heterocycles. The molecule has 0 heterocycles. The van der Waals surface area contributed by atoms with Gasteiger partial charge in [0.2, 0.25) is 0 Å². The highest BCUT2D eigenvalue weighted by Gasteiger charge is 2.22. The van der Waals surface area contributed by atoms with Crippen LogP contribution >= 0.6 is 0 Å². The Morgan fingerprint density at radius 1 is 0.893 bits per heavy atom. The molecule has 1 aromatic carbocycles. The molecule has 0 aliphatic carbocycles. The van der Waals surface area contributed by atoms with Crippen molar-refractivity contribution in [1.82, 2.24) is 4.90 Å². The van der Waals surface area contributed by atoms with Gasteiger partial charge in [-0.05, 0) is 26.0 Å². The van der Waals surface area contributed by atoms with E-state index in [-0.39, 0.29) is 48.6 Å². The molecule has 0 spiro atoms. The van der Waals surface area contributed by atoms with Crippen molar-refractivity contribution in [1.29, 1.82) is 0 Å². The Balaban J connectivity index is 2.92. The van der Waals surface area contributed by atoms with E-state index >= 15 is 0 Å². The minimum atomic E-state index is -1.24. The SMILES string of the molecule is C=C(C)C(=O)OCCN(CCOC(=O)C(=C)C)C(=O)c1ccccc1C(=O)O. The molecular formula is C20H23NO7. The average molecular weight is 389 g/mol. The number of aromatic carboxylic acids is 1. The molecular weight excluding hydrogens is 366 g/mol. The van der Waals surface area contributed by atoms with E-state index in [1.165, 1.54) is 36.9 Å². The first-order valence-electron chi connectivity index (χ1n) is 8.42. The third-order valence-electron chi connectivity index (χ3n) is 3.56. The van der Waals surface area contributed by atoms with E-state index in [4.69, 9.17) is 9.47 Å². The molecule has 0 saturated carbocycles. The molecule has 1 amide bonds. The zero-order valence-corrected chi connectivity index (χ0v) is 15.9. The van der Waals surface area contributed by atoms with E-state index in [0.717, 1.165) is 0 Å². The van der Waals surface area contributed by atoms with Crippen molar-refractivity contribution in [3.8, 4) is 0 Å². The van der Waals surface area contributed by atoms with Gasteiger partial charge in [0.15, 0.2) is 0 Å². The molecule has 8 nitrogen and oxygen atoms in total. The Kier molecular flexibility index (Phi) is 8.61. The number of carboxylic acids is 1. The van der Waals surface area contributed by atoms with Crippen LogP contribution in [0.3, 0.4) is 0 Å². The number of carbonyl (C=O) groups excluding carboxylic acids is 3. The summed E-state index contributed by atoms with van der Waals surface area (Å²) in [5.41, 5.74) is 0.247. The fraction of sp³-hybridized carbons (Fsp3) is 0.300. The molecule has 28 heavy (non-hydrogen) atoms. The molecule has 0 bridgehead atoms. The summed E-state index contributed by atoms with van der Waals surface area (Å²) in [4.78, 5) is 48.5. The minimum absolute atomic E-state index is 0.0174. The van der Waals surface area contributed by atoms with E-state index in [2.05, 4.69) is 13.2 Å². The van der Waals surface area contributed by atoms with E-state index in [1.807, 2.05) is 0 Å². The molecule has 1 aromatic rings. The average Bonchev–Trinajstić information content (AvgIpc) is 2.65. The number of rotatable bonds is 10. The monoisotopic (exact) mass is 389 g/mol. The summed E-state index contributed by atoms with van der Waals surface area (Å²) < 4.78 is 9.99. The fourth-order valence-electron chi connectivity index (χ4n) is 2.08. The summed E-state index contributed by atoms with van der Waals surface area (Å²) >= 11 is 0. The Bertz CT molecular complexity index is 765. The third-order valence-corrected chi connectivity index (χ3v) is 3.56. The topological polar surface area (TPSA) is 110 Å². The lowest BCUT2D eigenvalue weighted by Gasteiger charge is -2.23. The van der Waals surface area contributed by atoms with Gasteiger partial charge in [-0.25, -0.2) is 14.4 Å². The zero-order valence-electron chi connectivity index (χ0n) is 15.9. The molecule has 0 aliphatic heterocycles. The highest BCUT2D eigenvalue weighted by Crippen LogP contribution is 2.12. The Labute approximate surface area is 163 Å². The highest BCUT2D eigenvalue weighted by atomic mass is 16.5. The van der Waals surface area contributed by atoms with Crippen molar-refractivity contribution in [2.45, 2.75) is 13.8 Å². The summed E-state index contributed by atoms with van der Waals surface area (Å²) in [6.07, 6.45) is 0. The third kappa shape index (κ3) is 6.71. The maximum Gasteiger partial charge on any atom is 0.336 e. The number of esters is 2. The molecule has 0 radical (unpaired) electrons. The lowest BCUT2D eigenvalue weighted by Crippen LogP contribution is -2.38. The lowest BCUT2D eigenvalue weighted by atomic mass is 10.1. The van der Waals surface area contributed by atoms with Gasteiger partial charge >= 0.3 is 17.9 Å². The standard InChI is InChI=1S/C20H23NO7/c1-13(2)19(25)27-11-9-21(10-12-28-20(26)14(3)4)17(22)15-7-5-6-8-16(15)18(23)24/h5-8H,1,3,9-12H2,2,4H3,(H,23,24). The van der Waals surface area contributed by atoms with Crippen molar-refractivity contribution in [2.75, 3.05) is 26.3 Å². The fourth-order valence-corrected chi connectivity index (χ4v) is 2.08. The van der Waals surface area contributed by atoms with Crippen molar-refractivity contribution in [3.63, 3.8) is 0 Å². The number of nitrogens with zero attached hydrogens (tertiary/aromatic N) is 1. The van der Waals surface area contributed by atoms with Gasteiger partial charge < -0.3 is 19.5 Å². The van der Waals surface area contributed by atoms with Crippen LogP contribution in [0.15, 0.2) is 48.6 Å². The molecule has 0 aromatic heterocycles. The van der Waals surface area contributed by atoms with Crippen LogP contribution in [0, 0.1) is 0 Å². The van der Waals surface area contributed by atoms with Crippen LogP contribution in [-0.2, 0) is 19.1 Å². The number of hydrogen-bond acceptors (Lipinski definition) is 6. The molecule has 1 N–H and O–H groups in total. The summed E-state index contributed by atoms with van der Waals surface area (Å²) in [7, 11) is 0. The minimum Gasteiger partial charge on any atom is -0.478 e. The number of benzene rings is 1. The first-order chi connectivity index (χ1) is 13.1. The van der Waals surface area contributed by atoms with Crippen LogP contribution in [0.5, 0.6) is 0 Å². The predicted molar refractivity (Wildman–Crippen MR) is 101 cm³/mol. The van der Waals surface area contributed by atoms with Gasteiger partial charge in [-0.1, -0.05) is 25.3 Å². The number of carboxylic acid groups (broad SMARTS) is 1. The molecule has 0 fully saturated rings. The Morgan fingerprint density at radius 3 is 1.71 bits per heavy atom. The Hall–Kier alpha value is -3.42. The van der Waals surface area contributed by atoms with Crippen LogP contribution in [0.2, 0.25) is 0 Å². The lowest BCUT2D eigenvalue weighted by molar-refractivity contribution is -0.139. The second-order valence-electron chi connectivity index (χ2n) is 5.98. The Morgan fingerprint density at radius 2 is 1.32 bits per heavy atom. The molecule has 0 aliphatic rings. The summed E-state index contributed by atoms with van der Waals surface area (Å²) in [5, 5.41) is 9.29. The van der Waals surface area contributed by atoms with Gasteiger partial charge in [-0.3, -0.25) is 4.79 Å². The van der Waals surface area contributed by atoms with Gasteiger partial charge in [0.05, 0.1) is 24.2 Å². The van der Waals surface area contributed by atoms with E-state index in [0.29, 0.717) is 0 Å². The van der Waals surface area contributed by atoms with Crippen LogP contribution in [0.1, 0.15) is 34.6 Å². The van der Waals surface area contributed by atoms with Crippen molar-refractivity contribution >= 4 is 23.8 Å². The van der Waals surface area contributed by atoms with Gasteiger partial charge in [0, 0.05) is 11.1 Å². The van der Waals surface area contributed by atoms with Crippen LogP contribution in [-0.4, -0.2) is 60.1 Å². The summed E-state index contributed by atoms with van der Waals surface area (Å²) in [5.74, 6) is -3.04. The predicted octanol–water partition coefficient (Wildman–Crippen LogP) is 2.07. The molecule has 8 heteroatoms. The van der Waals surface area contributed by atoms with Gasteiger partial charge in [0.25, 0.3) is 5.91 Å². The first kappa shape index (κ1) is 22.6. The van der Waals surface area contributed by atoms with Crippen LogP contribution in [0.4, 0.5) is 0 Å². The smallest absolute Gasteiger partial charge is 0.336 e. The van der Waals surface area contributed by atoms with E-state index in [1.54, 1.807) is 6.07 Å². The van der Waals surface area contributed by atoms with E-state index in [9.17, 15) is 24.3 Å². The maximum atomic E-state index is 12.8. The van der Waals surface area contributed by atoms with Gasteiger partial charge in [-0.15, -0.1) is 0 Å².